The quantitative estimate of drug-likeness (QED) is 0.145. The first-order chi connectivity index (χ1) is 21.8. The van der Waals surface area contributed by atoms with Gasteiger partial charge in [-0.25, -0.2) is 10.3 Å². The minimum absolute atomic E-state index is 0.0840. The third kappa shape index (κ3) is 8.76. The lowest BCUT2D eigenvalue weighted by Crippen LogP contribution is -2.32. The Kier molecular flexibility index (Phi) is 10.2. The maximum absolute atomic E-state index is 13.3. The zero-order valence-corrected chi connectivity index (χ0v) is 24.5. The van der Waals surface area contributed by atoms with E-state index >= 15 is 0 Å². The number of hydrogen-bond acceptors (Lipinski definition) is 5. The molecule has 46 heavy (non-hydrogen) atoms. The van der Waals surface area contributed by atoms with E-state index in [-0.39, 0.29) is 36.9 Å². The molecule has 0 radical (unpaired) electrons. The number of aryl methyl sites for hydroxylation is 1. The molecule has 1 saturated heterocycles. The monoisotopic (exact) mass is 647 g/mol. The molecule has 244 valence electrons. The van der Waals surface area contributed by atoms with Gasteiger partial charge in [-0.05, 0) is 96.8 Å². The molecule has 2 atom stereocenters. The van der Waals surface area contributed by atoms with Gasteiger partial charge in [-0.1, -0.05) is 24.3 Å². The molecule has 12 heteroatoms. The van der Waals surface area contributed by atoms with Crippen LogP contribution in [0.15, 0.2) is 66.7 Å². The number of Topliss-reactive ketones (excluding diaryl/α,β-unsaturated/α-hetero) is 1. The lowest BCUT2D eigenvalue weighted by molar-refractivity contribution is -0.198. The maximum atomic E-state index is 13.3. The molecule has 6 nitrogen and oxygen atoms in total. The fraction of sp³-hybridized carbons (Fsp3) is 0.353. The van der Waals surface area contributed by atoms with Gasteiger partial charge in [0.15, 0.2) is 12.1 Å². The predicted octanol–water partition coefficient (Wildman–Crippen LogP) is 7.88. The van der Waals surface area contributed by atoms with E-state index in [4.69, 9.17) is 14.3 Å². The van der Waals surface area contributed by atoms with Gasteiger partial charge >= 0.3 is 12.4 Å². The number of ketones is 1. The van der Waals surface area contributed by atoms with Crippen LogP contribution in [0.2, 0.25) is 0 Å². The summed E-state index contributed by atoms with van der Waals surface area (Å²) in [6.45, 7) is 0.833. The molecule has 3 aromatic carbocycles. The third-order valence-electron chi connectivity index (χ3n) is 7.85. The summed E-state index contributed by atoms with van der Waals surface area (Å²) in [5, 5.41) is 0. The van der Waals surface area contributed by atoms with Gasteiger partial charge < -0.3 is 9.47 Å². The average molecular weight is 648 g/mol. The Morgan fingerprint density at radius 3 is 2.26 bits per heavy atom. The highest BCUT2D eigenvalue weighted by molar-refractivity contribution is 6.00. The van der Waals surface area contributed by atoms with Crippen molar-refractivity contribution in [3.63, 3.8) is 0 Å². The van der Waals surface area contributed by atoms with Crippen molar-refractivity contribution in [1.29, 1.82) is 0 Å². The molecule has 1 amide bonds. The van der Waals surface area contributed by atoms with Crippen LogP contribution in [0.25, 0.3) is 6.08 Å². The number of rotatable bonds is 9. The van der Waals surface area contributed by atoms with Crippen LogP contribution in [0.1, 0.15) is 69.4 Å². The molecule has 2 unspecified atom stereocenters. The van der Waals surface area contributed by atoms with E-state index in [0.717, 1.165) is 30.4 Å². The van der Waals surface area contributed by atoms with Gasteiger partial charge in [-0.2, -0.15) is 26.3 Å². The standard InChI is InChI=1S/C34H31F6NO5/c35-33(36,37)26-16-23(17-27(19-26)34(38,39)40)15-25-10-9-24-18-28(11-12-29(24)32(25)43)45-20-22-6-4-21(5-7-22)8-13-30(42)41-46-31-3-1-2-14-44-31/h4-8,11-13,16-19,25,31H,1-3,9-10,14-15,20H2,(H,41,42)/b13-8+. The minimum atomic E-state index is -4.95. The average Bonchev–Trinajstić information content (AvgIpc) is 3.03. The van der Waals surface area contributed by atoms with Crippen molar-refractivity contribution in [2.24, 2.45) is 5.92 Å². The Balaban J connectivity index is 1.15. The first kappa shape index (κ1) is 33.2. The summed E-state index contributed by atoms with van der Waals surface area (Å²) in [6.07, 6.45) is -4.20. The van der Waals surface area contributed by atoms with Crippen LogP contribution in [-0.2, 0) is 46.2 Å². The number of hydroxylamine groups is 1. The highest BCUT2D eigenvalue weighted by Gasteiger charge is 2.37. The van der Waals surface area contributed by atoms with E-state index in [9.17, 15) is 35.9 Å². The minimum Gasteiger partial charge on any atom is -0.489 e. The summed E-state index contributed by atoms with van der Waals surface area (Å²) in [6, 6.07) is 13.7. The number of amides is 1. The van der Waals surface area contributed by atoms with Crippen molar-refractivity contribution in [2.75, 3.05) is 6.61 Å². The van der Waals surface area contributed by atoms with E-state index in [1.807, 2.05) is 24.3 Å². The summed E-state index contributed by atoms with van der Waals surface area (Å²) in [5.41, 5.74) is 2.10. The van der Waals surface area contributed by atoms with Crippen molar-refractivity contribution in [3.8, 4) is 5.75 Å². The van der Waals surface area contributed by atoms with Crippen LogP contribution in [-0.4, -0.2) is 24.6 Å². The van der Waals surface area contributed by atoms with Gasteiger partial charge in [-0.15, -0.1) is 0 Å². The SMILES string of the molecule is O=C(/C=C/c1ccc(COc2ccc3c(c2)CCC(Cc2cc(C(F)(F)F)cc(C(F)(F)F)c2)C3=O)cc1)NOC1CCCCO1. The summed E-state index contributed by atoms with van der Waals surface area (Å²) >= 11 is 0. The van der Waals surface area contributed by atoms with E-state index in [1.165, 1.54) is 6.08 Å². The number of nitrogens with one attached hydrogen (secondary N) is 1. The van der Waals surface area contributed by atoms with Crippen molar-refractivity contribution in [2.45, 2.75) is 63.8 Å². The summed E-state index contributed by atoms with van der Waals surface area (Å²) in [7, 11) is 0. The lowest BCUT2D eigenvalue weighted by atomic mass is 9.79. The normalized spacial score (nSPS) is 18.8. The van der Waals surface area contributed by atoms with Crippen LogP contribution in [0.3, 0.4) is 0 Å². The fourth-order valence-corrected chi connectivity index (χ4v) is 5.43. The molecule has 1 aliphatic carbocycles. The molecule has 2 aliphatic rings. The summed E-state index contributed by atoms with van der Waals surface area (Å²) in [5.74, 6) is -0.976. The van der Waals surface area contributed by atoms with E-state index in [0.29, 0.717) is 42.0 Å². The second kappa shape index (κ2) is 14.1. The number of alkyl halides is 6. The largest absolute Gasteiger partial charge is 0.489 e. The summed E-state index contributed by atoms with van der Waals surface area (Å²) < 4.78 is 91.0. The molecule has 0 spiro atoms. The zero-order chi connectivity index (χ0) is 32.9. The predicted molar refractivity (Wildman–Crippen MR) is 155 cm³/mol. The van der Waals surface area contributed by atoms with Crippen LogP contribution in [0.4, 0.5) is 26.3 Å². The van der Waals surface area contributed by atoms with Crippen LogP contribution in [0, 0.1) is 5.92 Å². The van der Waals surface area contributed by atoms with E-state index < -0.39 is 41.6 Å². The number of hydrogen-bond donors (Lipinski definition) is 1. The first-order valence-electron chi connectivity index (χ1n) is 14.8. The highest BCUT2D eigenvalue weighted by Crippen LogP contribution is 2.38. The fourth-order valence-electron chi connectivity index (χ4n) is 5.43. The number of ether oxygens (including phenoxy) is 2. The molecule has 0 saturated carbocycles. The Labute approximate surface area is 261 Å². The number of fused-ring (bicyclic) bond motifs is 1. The first-order valence-corrected chi connectivity index (χ1v) is 14.8. The molecule has 3 aromatic rings. The molecular weight excluding hydrogens is 616 g/mol. The Morgan fingerprint density at radius 1 is 0.891 bits per heavy atom. The number of carbonyl (C=O) groups is 2. The summed E-state index contributed by atoms with van der Waals surface area (Å²) in [4.78, 5) is 30.4. The second-order valence-corrected chi connectivity index (χ2v) is 11.3. The zero-order valence-electron chi connectivity index (χ0n) is 24.5. The van der Waals surface area contributed by atoms with Gasteiger partial charge in [0.05, 0.1) is 11.1 Å². The van der Waals surface area contributed by atoms with Crippen molar-refractivity contribution in [3.05, 3.63) is 106 Å². The van der Waals surface area contributed by atoms with Crippen LogP contribution >= 0.6 is 0 Å². The molecule has 5 rings (SSSR count). The van der Waals surface area contributed by atoms with Gasteiger partial charge in [0.1, 0.15) is 12.4 Å². The number of carbonyl (C=O) groups excluding carboxylic acids is 2. The van der Waals surface area contributed by atoms with Gasteiger partial charge in [0.2, 0.25) is 0 Å². The molecule has 0 bridgehead atoms. The van der Waals surface area contributed by atoms with Crippen LogP contribution in [0.5, 0.6) is 5.75 Å². The van der Waals surface area contributed by atoms with E-state index in [2.05, 4.69) is 5.48 Å². The maximum Gasteiger partial charge on any atom is 0.416 e. The molecule has 1 fully saturated rings. The number of benzene rings is 3. The number of halogens is 6. The van der Waals surface area contributed by atoms with Crippen molar-refractivity contribution < 1.29 is 50.2 Å². The molecule has 1 heterocycles. The van der Waals surface area contributed by atoms with Gasteiger partial charge in [0.25, 0.3) is 5.91 Å². The van der Waals surface area contributed by atoms with Gasteiger partial charge in [-0.3, -0.25) is 9.59 Å². The topological polar surface area (TPSA) is 73.9 Å². The second-order valence-electron chi connectivity index (χ2n) is 11.3. The van der Waals surface area contributed by atoms with Gasteiger partial charge in [0, 0.05) is 30.6 Å². The molecule has 1 N–H and O–H groups in total. The molecule has 1 aliphatic heterocycles. The Hall–Kier alpha value is -4.16. The Bertz CT molecular complexity index is 1540. The lowest BCUT2D eigenvalue weighted by Gasteiger charge is -2.24. The third-order valence-corrected chi connectivity index (χ3v) is 7.85. The van der Waals surface area contributed by atoms with Crippen molar-refractivity contribution in [1.82, 2.24) is 5.48 Å². The molecule has 0 aromatic heterocycles. The van der Waals surface area contributed by atoms with Crippen molar-refractivity contribution >= 4 is 17.8 Å². The highest BCUT2D eigenvalue weighted by atomic mass is 19.4. The van der Waals surface area contributed by atoms with E-state index in [1.54, 1.807) is 24.3 Å². The van der Waals surface area contributed by atoms with Crippen LogP contribution < -0.4 is 10.2 Å². The Morgan fingerprint density at radius 2 is 1.61 bits per heavy atom. The molecular formula is C34H31F6NO5. The smallest absolute Gasteiger partial charge is 0.416 e.